The van der Waals surface area contributed by atoms with Gasteiger partial charge in [0.15, 0.2) is 0 Å². The van der Waals surface area contributed by atoms with E-state index in [2.05, 4.69) is 5.32 Å². The molecule has 0 aliphatic rings. The van der Waals surface area contributed by atoms with Crippen molar-refractivity contribution in [3.05, 3.63) is 71.3 Å². The predicted molar refractivity (Wildman–Crippen MR) is 97.4 cm³/mol. The van der Waals surface area contributed by atoms with Gasteiger partial charge in [-0.15, -0.1) is 0 Å². The van der Waals surface area contributed by atoms with Crippen molar-refractivity contribution in [1.29, 1.82) is 0 Å². The van der Waals surface area contributed by atoms with Gasteiger partial charge in [0, 0.05) is 31.3 Å². The van der Waals surface area contributed by atoms with Crippen LogP contribution in [0, 0.1) is 0 Å². The Morgan fingerprint density at radius 3 is 2.12 bits per heavy atom. The van der Waals surface area contributed by atoms with Gasteiger partial charge in [-0.2, -0.15) is 0 Å². The molecule has 2 rings (SSSR count). The second-order valence-corrected chi connectivity index (χ2v) is 6.31. The molecule has 5 heteroatoms. The third-order valence-corrected chi connectivity index (χ3v) is 3.94. The van der Waals surface area contributed by atoms with Crippen molar-refractivity contribution in [3.8, 4) is 0 Å². The maximum atomic E-state index is 12.3. The number of rotatable bonds is 6. The summed E-state index contributed by atoms with van der Waals surface area (Å²) >= 11 is 0. The minimum absolute atomic E-state index is 0.105. The first kappa shape index (κ1) is 18.7. The summed E-state index contributed by atoms with van der Waals surface area (Å²) in [5.41, 5.74) is 1.85. The van der Waals surface area contributed by atoms with E-state index in [9.17, 15) is 14.7 Å². The third-order valence-electron chi connectivity index (χ3n) is 3.94. The molecule has 0 aliphatic carbocycles. The zero-order valence-electron chi connectivity index (χ0n) is 14.8. The van der Waals surface area contributed by atoms with Crippen LogP contribution in [0.25, 0.3) is 0 Å². The molecule has 0 saturated heterocycles. The van der Waals surface area contributed by atoms with Gasteiger partial charge in [0.05, 0.1) is 6.10 Å². The van der Waals surface area contributed by atoms with Crippen LogP contribution in [0.5, 0.6) is 0 Å². The van der Waals surface area contributed by atoms with E-state index in [1.54, 1.807) is 38.4 Å². The van der Waals surface area contributed by atoms with Gasteiger partial charge in [-0.05, 0) is 43.2 Å². The highest BCUT2D eigenvalue weighted by Gasteiger charge is 2.16. The lowest BCUT2D eigenvalue weighted by Gasteiger charge is -2.18. The molecular formula is C20H24N2O3. The van der Waals surface area contributed by atoms with E-state index >= 15 is 0 Å². The second kappa shape index (κ2) is 8.44. The zero-order chi connectivity index (χ0) is 18.4. The van der Waals surface area contributed by atoms with E-state index in [0.717, 1.165) is 5.56 Å². The number of benzene rings is 2. The summed E-state index contributed by atoms with van der Waals surface area (Å²) < 4.78 is 0. The fourth-order valence-electron chi connectivity index (χ4n) is 2.53. The Balaban J connectivity index is 1.93. The molecule has 0 spiro atoms. The summed E-state index contributed by atoms with van der Waals surface area (Å²) in [4.78, 5) is 25.6. The number of carbonyl (C=O) groups is 2. The third kappa shape index (κ3) is 5.16. The molecular weight excluding hydrogens is 316 g/mol. The second-order valence-electron chi connectivity index (χ2n) is 6.31. The molecule has 2 atom stereocenters. The lowest BCUT2D eigenvalue weighted by Crippen LogP contribution is -2.33. The van der Waals surface area contributed by atoms with Gasteiger partial charge >= 0.3 is 0 Å². The average Bonchev–Trinajstić information content (AvgIpc) is 2.61. The lowest BCUT2D eigenvalue weighted by molar-refractivity contribution is 0.0826. The van der Waals surface area contributed by atoms with Crippen molar-refractivity contribution < 1.29 is 14.7 Å². The van der Waals surface area contributed by atoms with Crippen LogP contribution in [0.2, 0.25) is 0 Å². The Bertz CT molecular complexity index is 711. The quantitative estimate of drug-likeness (QED) is 0.849. The summed E-state index contributed by atoms with van der Waals surface area (Å²) in [7, 11) is 3.37. The first-order valence-corrected chi connectivity index (χ1v) is 8.24. The first-order valence-electron chi connectivity index (χ1n) is 8.24. The minimum Gasteiger partial charge on any atom is -0.388 e. The predicted octanol–water partition coefficient (Wildman–Crippen LogP) is 2.63. The molecule has 25 heavy (non-hydrogen) atoms. The van der Waals surface area contributed by atoms with Gasteiger partial charge in [-0.25, -0.2) is 0 Å². The van der Waals surface area contributed by atoms with Crippen molar-refractivity contribution in [2.75, 3.05) is 14.1 Å². The van der Waals surface area contributed by atoms with Crippen molar-refractivity contribution in [2.45, 2.75) is 25.5 Å². The highest BCUT2D eigenvalue weighted by Crippen LogP contribution is 2.18. The van der Waals surface area contributed by atoms with Crippen molar-refractivity contribution >= 4 is 11.8 Å². The molecule has 0 aromatic heterocycles. The van der Waals surface area contributed by atoms with Crippen LogP contribution in [0.1, 0.15) is 45.7 Å². The van der Waals surface area contributed by atoms with Gasteiger partial charge < -0.3 is 15.3 Å². The summed E-state index contributed by atoms with van der Waals surface area (Å²) in [5, 5.41) is 13.1. The Morgan fingerprint density at radius 2 is 1.56 bits per heavy atom. The van der Waals surface area contributed by atoms with Crippen LogP contribution in [0.4, 0.5) is 0 Å². The van der Waals surface area contributed by atoms with E-state index < -0.39 is 6.10 Å². The zero-order valence-corrected chi connectivity index (χ0v) is 14.8. The lowest BCUT2D eigenvalue weighted by atomic mass is 10.0. The molecule has 0 radical (unpaired) electrons. The van der Waals surface area contributed by atoms with E-state index in [1.807, 2.05) is 37.3 Å². The van der Waals surface area contributed by atoms with Crippen LogP contribution < -0.4 is 5.32 Å². The molecule has 2 aromatic rings. The number of aliphatic hydroxyl groups excluding tert-OH is 1. The van der Waals surface area contributed by atoms with Crippen LogP contribution in [-0.4, -0.2) is 42.0 Å². The number of hydrogen-bond acceptors (Lipinski definition) is 3. The number of hydrogen-bond donors (Lipinski definition) is 2. The maximum Gasteiger partial charge on any atom is 0.253 e. The highest BCUT2D eigenvalue weighted by atomic mass is 16.3. The Labute approximate surface area is 148 Å². The van der Waals surface area contributed by atoms with Crippen molar-refractivity contribution in [2.24, 2.45) is 0 Å². The van der Waals surface area contributed by atoms with Crippen molar-refractivity contribution in [1.82, 2.24) is 10.2 Å². The Morgan fingerprint density at radius 1 is 1.00 bits per heavy atom. The van der Waals surface area contributed by atoms with E-state index in [1.165, 1.54) is 4.90 Å². The topological polar surface area (TPSA) is 69.6 Å². The molecule has 0 saturated carbocycles. The van der Waals surface area contributed by atoms with Gasteiger partial charge in [0.1, 0.15) is 0 Å². The maximum absolute atomic E-state index is 12.3. The molecule has 132 valence electrons. The van der Waals surface area contributed by atoms with Gasteiger partial charge in [-0.3, -0.25) is 9.59 Å². The summed E-state index contributed by atoms with van der Waals surface area (Å²) in [6, 6.07) is 15.7. The fourth-order valence-corrected chi connectivity index (χ4v) is 2.53. The molecule has 2 amide bonds. The fraction of sp³-hybridized carbons (Fsp3) is 0.300. The van der Waals surface area contributed by atoms with Crippen LogP contribution in [0.3, 0.4) is 0 Å². The number of carbonyl (C=O) groups excluding carboxylic acids is 2. The Hall–Kier alpha value is -2.66. The molecule has 2 unspecified atom stereocenters. The van der Waals surface area contributed by atoms with Crippen molar-refractivity contribution in [3.63, 3.8) is 0 Å². The molecule has 0 aliphatic heterocycles. The number of nitrogens with zero attached hydrogens (tertiary/aromatic N) is 1. The average molecular weight is 340 g/mol. The summed E-state index contributed by atoms with van der Waals surface area (Å²) in [6.07, 6.45) is -0.205. The number of amides is 2. The Kier molecular flexibility index (Phi) is 6.31. The molecule has 0 fully saturated rings. The summed E-state index contributed by atoms with van der Waals surface area (Å²) in [5.74, 6) is -0.331. The first-order chi connectivity index (χ1) is 11.9. The van der Waals surface area contributed by atoms with Gasteiger partial charge in [0.2, 0.25) is 0 Å². The summed E-state index contributed by atoms with van der Waals surface area (Å²) in [6.45, 7) is 1.86. The number of nitrogens with one attached hydrogen (secondary N) is 1. The van der Waals surface area contributed by atoms with Gasteiger partial charge in [-0.1, -0.05) is 30.3 Å². The standard InChI is InChI=1S/C20H24N2O3/c1-14(13-18(23)15-7-5-4-6-8-15)21-19(24)16-9-11-17(12-10-16)20(25)22(2)3/h4-12,14,18,23H,13H2,1-3H3,(H,21,24). The number of aliphatic hydroxyl groups is 1. The largest absolute Gasteiger partial charge is 0.388 e. The monoisotopic (exact) mass is 340 g/mol. The molecule has 0 heterocycles. The highest BCUT2D eigenvalue weighted by molar-refractivity contribution is 5.97. The molecule has 0 bridgehead atoms. The van der Waals surface area contributed by atoms with Gasteiger partial charge in [0.25, 0.3) is 11.8 Å². The molecule has 2 N–H and O–H groups in total. The SMILES string of the molecule is CC(CC(O)c1ccccc1)NC(=O)c1ccc(C(=O)N(C)C)cc1. The molecule has 2 aromatic carbocycles. The smallest absolute Gasteiger partial charge is 0.253 e. The molecule has 5 nitrogen and oxygen atoms in total. The van der Waals surface area contributed by atoms with Crippen LogP contribution in [-0.2, 0) is 0 Å². The van der Waals surface area contributed by atoms with Crippen LogP contribution in [0.15, 0.2) is 54.6 Å². The van der Waals surface area contributed by atoms with Crippen LogP contribution >= 0.6 is 0 Å². The minimum atomic E-state index is -0.628. The van der Waals surface area contributed by atoms with E-state index in [4.69, 9.17) is 0 Å². The van der Waals surface area contributed by atoms with E-state index in [0.29, 0.717) is 17.5 Å². The normalized spacial score (nSPS) is 13.0. The van der Waals surface area contributed by atoms with E-state index in [-0.39, 0.29) is 17.9 Å².